The van der Waals surface area contributed by atoms with Crippen LogP contribution in [0, 0.1) is 6.92 Å². The summed E-state index contributed by atoms with van der Waals surface area (Å²) in [5, 5.41) is 16.1. The van der Waals surface area contributed by atoms with Crippen molar-refractivity contribution in [2.24, 2.45) is 0 Å². The topological polar surface area (TPSA) is 84.1 Å². The Hall–Kier alpha value is -2.26. The van der Waals surface area contributed by atoms with Gasteiger partial charge in [0.05, 0.1) is 30.7 Å². The summed E-state index contributed by atoms with van der Waals surface area (Å²) >= 11 is 0. The molecule has 2 aromatic heterocycles. The summed E-state index contributed by atoms with van der Waals surface area (Å²) in [5.41, 5.74) is 2.50. The lowest BCUT2D eigenvalue weighted by Crippen LogP contribution is -2.44. The Morgan fingerprint density at radius 1 is 1.19 bits per heavy atom. The number of carbonyl (C=O) groups excluding carboxylic acids is 1. The van der Waals surface area contributed by atoms with Crippen molar-refractivity contribution >= 4 is 5.91 Å². The molecule has 2 aromatic rings. The van der Waals surface area contributed by atoms with Crippen LogP contribution in [0.25, 0.3) is 0 Å². The molecule has 0 saturated carbocycles. The van der Waals surface area contributed by atoms with Crippen molar-refractivity contribution in [3.63, 3.8) is 0 Å². The van der Waals surface area contributed by atoms with Gasteiger partial charge in [-0.1, -0.05) is 5.21 Å². The fraction of sp³-hybridized carbons (Fsp3) is 0.647. The highest BCUT2D eigenvalue weighted by atomic mass is 16.2. The molecule has 2 aliphatic rings. The van der Waals surface area contributed by atoms with E-state index in [1.54, 1.807) is 10.9 Å². The number of rotatable bonds is 4. The zero-order chi connectivity index (χ0) is 17.9. The molecule has 9 heteroatoms. The fourth-order valence-electron chi connectivity index (χ4n) is 3.63. The van der Waals surface area contributed by atoms with Crippen molar-refractivity contribution in [2.45, 2.75) is 33.0 Å². The van der Waals surface area contributed by atoms with Gasteiger partial charge < -0.3 is 10.2 Å². The van der Waals surface area contributed by atoms with Crippen LogP contribution in [0.2, 0.25) is 0 Å². The van der Waals surface area contributed by atoms with E-state index >= 15 is 0 Å². The first-order valence-corrected chi connectivity index (χ1v) is 9.35. The van der Waals surface area contributed by atoms with E-state index in [9.17, 15) is 4.79 Å². The number of carbonyl (C=O) groups is 1. The second-order valence-corrected chi connectivity index (χ2v) is 7.04. The number of nitrogens with zero attached hydrogens (tertiary/aromatic N) is 7. The van der Waals surface area contributed by atoms with Gasteiger partial charge in [-0.2, -0.15) is 5.10 Å². The molecule has 26 heavy (non-hydrogen) atoms. The van der Waals surface area contributed by atoms with Crippen LogP contribution >= 0.6 is 0 Å². The molecule has 0 aromatic carbocycles. The monoisotopic (exact) mass is 358 g/mol. The van der Waals surface area contributed by atoms with Crippen LogP contribution in [-0.4, -0.2) is 79.7 Å². The van der Waals surface area contributed by atoms with Crippen molar-refractivity contribution in [1.29, 1.82) is 0 Å². The fourth-order valence-corrected chi connectivity index (χ4v) is 3.63. The zero-order valence-corrected chi connectivity index (χ0v) is 15.3. The number of fused-ring (bicyclic) bond motifs is 1. The number of hydrogen-bond donors (Lipinski definition) is 1. The molecule has 0 unspecified atom stereocenters. The van der Waals surface area contributed by atoms with Crippen LogP contribution in [0.4, 0.5) is 0 Å². The quantitative estimate of drug-likeness (QED) is 0.810. The highest BCUT2D eigenvalue weighted by Crippen LogP contribution is 2.15. The van der Waals surface area contributed by atoms with E-state index in [2.05, 4.69) is 31.7 Å². The van der Waals surface area contributed by atoms with E-state index in [1.807, 2.05) is 16.5 Å². The molecular weight excluding hydrogens is 332 g/mol. The normalized spacial score (nSPS) is 18.6. The van der Waals surface area contributed by atoms with E-state index in [4.69, 9.17) is 0 Å². The van der Waals surface area contributed by atoms with Gasteiger partial charge in [0.2, 0.25) is 0 Å². The highest BCUT2D eigenvalue weighted by Gasteiger charge is 2.23. The van der Waals surface area contributed by atoms with Gasteiger partial charge in [-0.15, -0.1) is 5.10 Å². The van der Waals surface area contributed by atoms with Crippen molar-refractivity contribution in [3.8, 4) is 0 Å². The molecule has 4 rings (SSSR count). The maximum atomic E-state index is 12.9. The molecule has 140 valence electrons. The summed E-state index contributed by atoms with van der Waals surface area (Å²) in [6.07, 6.45) is 2.68. The molecule has 1 N–H and O–H groups in total. The lowest BCUT2D eigenvalue weighted by atomic mass is 10.3. The standard InChI is InChI=1S/C17H26N8O/c1-14-11-15-12-23(5-2-6-25(15)20-14)17(26)16-13-24(21-19-16)10-9-22-7-3-18-4-8-22/h11,13,18H,2-10,12H2,1H3. The Kier molecular flexibility index (Phi) is 4.98. The highest BCUT2D eigenvalue weighted by molar-refractivity contribution is 5.91. The molecule has 4 heterocycles. The van der Waals surface area contributed by atoms with Gasteiger partial charge in [0.1, 0.15) is 0 Å². The summed E-state index contributed by atoms with van der Waals surface area (Å²) in [6.45, 7) is 10.00. The van der Waals surface area contributed by atoms with Crippen molar-refractivity contribution < 1.29 is 4.79 Å². The van der Waals surface area contributed by atoms with E-state index in [0.717, 1.165) is 70.2 Å². The lowest BCUT2D eigenvalue weighted by molar-refractivity contribution is 0.0739. The smallest absolute Gasteiger partial charge is 0.276 e. The van der Waals surface area contributed by atoms with Crippen LogP contribution in [0.3, 0.4) is 0 Å². The van der Waals surface area contributed by atoms with Gasteiger partial charge in [-0.3, -0.25) is 19.1 Å². The Morgan fingerprint density at radius 2 is 2.04 bits per heavy atom. The average Bonchev–Trinajstić information content (AvgIpc) is 3.21. The molecule has 0 bridgehead atoms. The lowest BCUT2D eigenvalue weighted by Gasteiger charge is -2.26. The third-order valence-corrected chi connectivity index (χ3v) is 5.04. The minimum atomic E-state index is -0.0503. The number of aryl methyl sites for hydroxylation is 2. The van der Waals surface area contributed by atoms with Crippen LogP contribution in [0.15, 0.2) is 12.3 Å². The third kappa shape index (κ3) is 3.78. The number of piperazine rings is 1. The van der Waals surface area contributed by atoms with Gasteiger partial charge in [0.15, 0.2) is 5.69 Å². The first-order valence-electron chi connectivity index (χ1n) is 9.35. The molecule has 1 saturated heterocycles. The molecule has 1 fully saturated rings. The Balaban J connectivity index is 1.38. The van der Waals surface area contributed by atoms with Crippen molar-refractivity contribution in [2.75, 3.05) is 39.3 Å². The molecular formula is C17H26N8O. The number of nitrogens with one attached hydrogen (secondary N) is 1. The molecule has 0 radical (unpaired) electrons. The van der Waals surface area contributed by atoms with Gasteiger partial charge >= 0.3 is 0 Å². The van der Waals surface area contributed by atoms with E-state index in [1.165, 1.54) is 0 Å². The first kappa shape index (κ1) is 17.2. The largest absolute Gasteiger partial charge is 0.331 e. The zero-order valence-electron chi connectivity index (χ0n) is 15.3. The summed E-state index contributed by atoms with van der Waals surface area (Å²) in [7, 11) is 0. The SMILES string of the molecule is Cc1cc2n(n1)CCCN(C(=O)c1cn(CCN3CCNCC3)nn1)C2. The predicted molar refractivity (Wildman–Crippen MR) is 95.7 cm³/mol. The van der Waals surface area contributed by atoms with Gasteiger partial charge in [0.25, 0.3) is 5.91 Å². The van der Waals surface area contributed by atoms with Crippen LogP contribution in [0.5, 0.6) is 0 Å². The maximum Gasteiger partial charge on any atom is 0.276 e. The first-order chi connectivity index (χ1) is 12.7. The number of aromatic nitrogens is 5. The van der Waals surface area contributed by atoms with Gasteiger partial charge in [-0.25, -0.2) is 0 Å². The number of hydrogen-bond acceptors (Lipinski definition) is 6. The number of amides is 1. The van der Waals surface area contributed by atoms with Crippen molar-refractivity contribution in [3.05, 3.63) is 29.3 Å². The summed E-state index contributed by atoms with van der Waals surface area (Å²) in [4.78, 5) is 17.1. The minimum absolute atomic E-state index is 0.0503. The van der Waals surface area contributed by atoms with Crippen LogP contribution < -0.4 is 5.32 Å². The average molecular weight is 358 g/mol. The summed E-state index contributed by atoms with van der Waals surface area (Å²) in [6, 6.07) is 2.05. The molecule has 0 atom stereocenters. The molecule has 0 aliphatic carbocycles. The second-order valence-electron chi connectivity index (χ2n) is 7.04. The van der Waals surface area contributed by atoms with Crippen LogP contribution in [0.1, 0.15) is 28.3 Å². The van der Waals surface area contributed by atoms with Gasteiger partial charge in [-0.05, 0) is 19.4 Å². The molecule has 1 amide bonds. The Labute approximate surface area is 152 Å². The Bertz CT molecular complexity index is 761. The van der Waals surface area contributed by atoms with E-state index in [-0.39, 0.29) is 5.91 Å². The maximum absolute atomic E-state index is 12.9. The molecule has 9 nitrogen and oxygen atoms in total. The van der Waals surface area contributed by atoms with E-state index in [0.29, 0.717) is 12.2 Å². The second kappa shape index (κ2) is 7.55. The summed E-state index contributed by atoms with van der Waals surface area (Å²) < 4.78 is 3.79. The predicted octanol–water partition coefficient (Wildman–Crippen LogP) is -0.266. The molecule has 0 spiro atoms. The van der Waals surface area contributed by atoms with E-state index < -0.39 is 0 Å². The minimum Gasteiger partial charge on any atom is -0.331 e. The Morgan fingerprint density at radius 3 is 2.88 bits per heavy atom. The molecule has 2 aliphatic heterocycles. The van der Waals surface area contributed by atoms with Gasteiger partial charge in [0, 0.05) is 45.8 Å². The third-order valence-electron chi connectivity index (χ3n) is 5.04. The van der Waals surface area contributed by atoms with Crippen molar-refractivity contribution in [1.82, 2.24) is 39.9 Å². The van der Waals surface area contributed by atoms with Crippen LogP contribution in [-0.2, 0) is 19.6 Å². The summed E-state index contributed by atoms with van der Waals surface area (Å²) in [5.74, 6) is -0.0503.